The first kappa shape index (κ1) is 20.3. The van der Waals surface area contributed by atoms with Crippen LogP contribution in [-0.4, -0.2) is 27.1 Å². The zero-order valence-corrected chi connectivity index (χ0v) is 16.7. The first-order chi connectivity index (χ1) is 12.4. The quantitative estimate of drug-likeness (QED) is 0.556. The number of imidazole rings is 1. The molecule has 2 rings (SSSR count). The highest BCUT2D eigenvalue weighted by molar-refractivity contribution is 7.99. The van der Waals surface area contributed by atoms with Crippen molar-refractivity contribution >= 4 is 35.2 Å². The van der Waals surface area contributed by atoms with Crippen LogP contribution in [0.25, 0.3) is 0 Å². The molecule has 6 nitrogen and oxygen atoms in total. The number of amides is 2. The largest absolute Gasteiger partial charge is 0.323 e. The maximum Gasteiger partial charge on any atom is 0.269 e. The molecule has 140 valence electrons. The first-order valence-corrected chi connectivity index (χ1v) is 9.80. The van der Waals surface area contributed by atoms with Gasteiger partial charge >= 0.3 is 0 Å². The average molecular weight is 395 g/mol. The summed E-state index contributed by atoms with van der Waals surface area (Å²) in [5.74, 6) is -0.517. The van der Waals surface area contributed by atoms with Gasteiger partial charge in [0.15, 0.2) is 5.16 Å². The highest BCUT2D eigenvalue weighted by Crippen LogP contribution is 2.21. The number of unbranched alkanes of at least 4 members (excludes halogenated alkanes) is 1. The summed E-state index contributed by atoms with van der Waals surface area (Å²) in [6.07, 6.45) is 2.16. The molecule has 0 aliphatic rings. The molecule has 0 saturated heterocycles. The summed E-state index contributed by atoms with van der Waals surface area (Å²) in [7, 11) is 0. The predicted molar refractivity (Wildman–Crippen MR) is 104 cm³/mol. The van der Waals surface area contributed by atoms with Crippen LogP contribution in [0.5, 0.6) is 0 Å². The van der Waals surface area contributed by atoms with Crippen LogP contribution < -0.4 is 10.9 Å². The molecule has 0 aliphatic heterocycles. The van der Waals surface area contributed by atoms with Crippen molar-refractivity contribution in [3.8, 4) is 0 Å². The second kappa shape index (κ2) is 9.64. The second-order valence-corrected chi connectivity index (χ2v) is 7.25. The number of rotatable bonds is 7. The number of carbonyl (C=O) groups is 2. The van der Waals surface area contributed by atoms with Crippen LogP contribution in [0.1, 0.15) is 41.5 Å². The Balaban J connectivity index is 1.86. The van der Waals surface area contributed by atoms with Gasteiger partial charge in [0.05, 0.1) is 11.4 Å². The molecule has 2 amide bonds. The van der Waals surface area contributed by atoms with Crippen molar-refractivity contribution in [1.29, 1.82) is 0 Å². The van der Waals surface area contributed by atoms with E-state index < -0.39 is 5.91 Å². The standard InChI is InChI=1S/C18H23ClN4O2S/c1-4-5-10-23-13(3)12(2)20-18(23)26-11-16(24)21-22-17(25)14-6-8-15(19)9-7-14/h6-9H,4-5,10-11H2,1-3H3,(H,21,24)(H,22,25). The van der Waals surface area contributed by atoms with Gasteiger partial charge in [0.1, 0.15) is 0 Å². The Labute approximate surface area is 162 Å². The molecule has 0 aliphatic carbocycles. The lowest BCUT2D eigenvalue weighted by molar-refractivity contribution is -0.119. The summed E-state index contributed by atoms with van der Waals surface area (Å²) in [5, 5.41) is 1.37. The molecule has 0 radical (unpaired) electrons. The van der Waals surface area contributed by atoms with E-state index in [0.717, 1.165) is 35.9 Å². The minimum Gasteiger partial charge on any atom is -0.323 e. The van der Waals surface area contributed by atoms with Gasteiger partial charge in [-0.05, 0) is 44.5 Å². The van der Waals surface area contributed by atoms with E-state index in [1.54, 1.807) is 24.3 Å². The van der Waals surface area contributed by atoms with Crippen molar-refractivity contribution in [2.45, 2.75) is 45.3 Å². The third kappa shape index (κ3) is 5.51. The van der Waals surface area contributed by atoms with E-state index >= 15 is 0 Å². The summed E-state index contributed by atoms with van der Waals surface area (Å²) in [6, 6.07) is 6.42. The van der Waals surface area contributed by atoms with E-state index in [2.05, 4.69) is 27.3 Å². The van der Waals surface area contributed by atoms with E-state index in [1.807, 2.05) is 13.8 Å². The van der Waals surface area contributed by atoms with Crippen LogP contribution in [0.3, 0.4) is 0 Å². The number of nitrogens with one attached hydrogen (secondary N) is 2. The number of hydrogen-bond acceptors (Lipinski definition) is 4. The molecule has 1 aromatic heterocycles. The van der Waals surface area contributed by atoms with Crippen molar-refractivity contribution in [1.82, 2.24) is 20.4 Å². The molecule has 0 spiro atoms. The molecule has 0 bridgehead atoms. The van der Waals surface area contributed by atoms with Crippen LogP contribution in [0.2, 0.25) is 5.02 Å². The lowest BCUT2D eigenvalue weighted by atomic mass is 10.2. The number of aryl methyl sites for hydroxylation is 1. The summed E-state index contributed by atoms with van der Waals surface area (Å²) >= 11 is 7.15. The number of hydrogen-bond donors (Lipinski definition) is 2. The molecule has 2 aromatic rings. The van der Waals surface area contributed by atoms with Crippen LogP contribution in [0, 0.1) is 13.8 Å². The molecule has 0 saturated carbocycles. The minimum absolute atomic E-state index is 0.170. The Morgan fingerprint density at radius 3 is 2.54 bits per heavy atom. The molecule has 0 fully saturated rings. The fourth-order valence-electron chi connectivity index (χ4n) is 2.28. The van der Waals surface area contributed by atoms with E-state index in [9.17, 15) is 9.59 Å². The van der Waals surface area contributed by atoms with Gasteiger partial charge in [0.2, 0.25) is 5.91 Å². The van der Waals surface area contributed by atoms with Crippen LogP contribution in [0.15, 0.2) is 29.4 Å². The van der Waals surface area contributed by atoms with Crippen LogP contribution in [0.4, 0.5) is 0 Å². The molecule has 26 heavy (non-hydrogen) atoms. The highest BCUT2D eigenvalue weighted by atomic mass is 35.5. The molecule has 8 heteroatoms. The Kier molecular flexibility index (Phi) is 7.53. The number of hydrazine groups is 1. The predicted octanol–water partition coefficient (Wildman–Crippen LogP) is 3.51. The number of carbonyl (C=O) groups excluding carboxylic acids is 2. The van der Waals surface area contributed by atoms with E-state index in [1.165, 1.54) is 11.8 Å². The molecule has 2 N–H and O–H groups in total. The Morgan fingerprint density at radius 1 is 1.19 bits per heavy atom. The van der Waals surface area contributed by atoms with E-state index in [4.69, 9.17) is 11.6 Å². The fraction of sp³-hybridized carbons (Fsp3) is 0.389. The monoisotopic (exact) mass is 394 g/mol. The molecule has 0 unspecified atom stereocenters. The summed E-state index contributed by atoms with van der Waals surface area (Å²) < 4.78 is 2.14. The number of benzene rings is 1. The van der Waals surface area contributed by atoms with Crippen molar-refractivity contribution in [3.63, 3.8) is 0 Å². The van der Waals surface area contributed by atoms with Crippen molar-refractivity contribution in [3.05, 3.63) is 46.2 Å². The van der Waals surface area contributed by atoms with Crippen molar-refractivity contribution in [2.75, 3.05) is 5.75 Å². The van der Waals surface area contributed by atoms with Gasteiger partial charge in [0, 0.05) is 22.8 Å². The van der Waals surface area contributed by atoms with Gasteiger partial charge in [-0.3, -0.25) is 20.4 Å². The molecular weight excluding hydrogens is 372 g/mol. The maximum absolute atomic E-state index is 12.0. The topological polar surface area (TPSA) is 76.0 Å². The van der Waals surface area contributed by atoms with Crippen molar-refractivity contribution in [2.24, 2.45) is 0 Å². The van der Waals surface area contributed by atoms with E-state index in [0.29, 0.717) is 10.6 Å². The zero-order valence-electron chi connectivity index (χ0n) is 15.1. The van der Waals surface area contributed by atoms with Gasteiger partial charge in [-0.2, -0.15) is 0 Å². The Morgan fingerprint density at radius 2 is 1.88 bits per heavy atom. The SMILES string of the molecule is CCCCn1c(SCC(=O)NNC(=O)c2ccc(Cl)cc2)nc(C)c1C. The van der Waals surface area contributed by atoms with Gasteiger partial charge < -0.3 is 4.57 Å². The van der Waals surface area contributed by atoms with Gasteiger partial charge in [-0.15, -0.1) is 0 Å². The normalized spacial score (nSPS) is 10.6. The summed E-state index contributed by atoms with van der Waals surface area (Å²) in [5.41, 5.74) is 7.33. The summed E-state index contributed by atoms with van der Waals surface area (Å²) in [4.78, 5) is 28.5. The highest BCUT2D eigenvalue weighted by Gasteiger charge is 2.13. The Hall–Kier alpha value is -1.99. The maximum atomic E-state index is 12.0. The number of halogens is 1. The number of thioether (sulfide) groups is 1. The molecule has 1 aromatic carbocycles. The van der Waals surface area contributed by atoms with Crippen LogP contribution in [-0.2, 0) is 11.3 Å². The van der Waals surface area contributed by atoms with Crippen molar-refractivity contribution < 1.29 is 9.59 Å². The zero-order chi connectivity index (χ0) is 19.1. The smallest absolute Gasteiger partial charge is 0.269 e. The third-order valence-corrected chi connectivity index (χ3v) is 5.14. The fourth-order valence-corrected chi connectivity index (χ4v) is 3.32. The van der Waals surface area contributed by atoms with Gasteiger partial charge in [-0.25, -0.2) is 4.98 Å². The third-order valence-electron chi connectivity index (χ3n) is 3.91. The minimum atomic E-state index is -0.392. The first-order valence-electron chi connectivity index (χ1n) is 8.43. The van der Waals surface area contributed by atoms with Gasteiger partial charge in [0.25, 0.3) is 5.91 Å². The second-order valence-electron chi connectivity index (χ2n) is 5.87. The lowest BCUT2D eigenvalue weighted by Crippen LogP contribution is -2.42. The number of nitrogens with zero attached hydrogens (tertiary/aromatic N) is 2. The number of aromatic nitrogens is 2. The lowest BCUT2D eigenvalue weighted by Gasteiger charge is -2.10. The van der Waals surface area contributed by atoms with E-state index in [-0.39, 0.29) is 11.7 Å². The average Bonchev–Trinajstić information content (AvgIpc) is 2.90. The van der Waals surface area contributed by atoms with Crippen LogP contribution >= 0.6 is 23.4 Å². The molecule has 1 heterocycles. The van der Waals surface area contributed by atoms with Gasteiger partial charge in [-0.1, -0.05) is 36.7 Å². The molecular formula is C18H23ClN4O2S. The summed E-state index contributed by atoms with van der Waals surface area (Å²) in [6.45, 7) is 7.03. The molecule has 0 atom stereocenters. The Bertz CT molecular complexity index is 774.